The topological polar surface area (TPSA) is 69.2 Å². The van der Waals surface area contributed by atoms with Gasteiger partial charge in [0.2, 0.25) is 0 Å². The quantitative estimate of drug-likeness (QED) is 0.182. The second-order valence-corrected chi connectivity index (χ2v) is 14.8. The van der Waals surface area contributed by atoms with E-state index in [0.717, 1.165) is 34.1 Å². The number of aromatic nitrogens is 8. The maximum atomic E-state index is 6.03. The van der Waals surface area contributed by atoms with Gasteiger partial charge in [0.1, 0.15) is 11.3 Å². The number of imidazole rings is 2. The highest BCUT2D eigenvalue weighted by atomic mass is 35.5. The standard InChI is InChI=1S/3C11H14N2.C10H11ClN2/c1-8(2)11-9(3)12-10-6-4-5-7-13(10)11;2*1-8(2)11-9(3)12-13-7-5-4-6-10(11)13;1-7(2)9-10(11)12-8-5-3-4-6-13(8)9/h3*4-8H,1-3H3;3-7H,1-2H3. The third-order valence-corrected chi connectivity index (χ3v) is 9.32. The van der Waals surface area contributed by atoms with Crippen LogP contribution < -0.4 is 0 Å². The number of hydrogen-bond donors (Lipinski definition) is 0. The van der Waals surface area contributed by atoms with Crippen molar-refractivity contribution in [3.05, 3.63) is 142 Å². The minimum absolute atomic E-state index is 0.393. The van der Waals surface area contributed by atoms with Crippen LogP contribution in [-0.4, -0.2) is 38.0 Å². The Morgan fingerprint density at radius 1 is 0.462 bits per heavy atom. The van der Waals surface area contributed by atoms with Crippen molar-refractivity contribution in [2.45, 2.75) is 99.8 Å². The van der Waals surface area contributed by atoms with Crippen LogP contribution in [-0.2, 0) is 0 Å². The first kappa shape index (κ1) is 38.3. The molecule has 0 fully saturated rings. The Bertz CT molecular complexity index is 2050. The number of fused-ring (bicyclic) bond motifs is 4. The van der Waals surface area contributed by atoms with Crippen LogP contribution in [0, 0.1) is 20.8 Å². The summed E-state index contributed by atoms with van der Waals surface area (Å²) in [7, 11) is 0. The van der Waals surface area contributed by atoms with E-state index < -0.39 is 0 Å². The van der Waals surface area contributed by atoms with Gasteiger partial charge in [-0.2, -0.15) is 10.2 Å². The molecule has 272 valence electrons. The Labute approximate surface area is 313 Å². The normalized spacial score (nSPS) is 11.4. The van der Waals surface area contributed by atoms with Crippen LogP contribution in [0.4, 0.5) is 0 Å². The van der Waals surface area contributed by atoms with E-state index in [2.05, 4.69) is 131 Å². The first-order valence-corrected chi connectivity index (χ1v) is 18.6. The van der Waals surface area contributed by atoms with Gasteiger partial charge in [0.15, 0.2) is 5.15 Å². The first-order valence-electron chi connectivity index (χ1n) is 18.2. The molecule has 8 aromatic heterocycles. The van der Waals surface area contributed by atoms with E-state index in [1.54, 1.807) is 0 Å². The molecule has 0 N–H and O–H groups in total. The van der Waals surface area contributed by atoms with Gasteiger partial charge in [0, 0.05) is 41.6 Å². The molecule has 8 rings (SSSR count). The molecule has 52 heavy (non-hydrogen) atoms. The van der Waals surface area contributed by atoms with Gasteiger partial charge in [0.25, 0.3) is 0 Å². The van der Waals surface area contributed by atoms with Crippen molar-refractivity contribution >= 4 is 33.9 Å². The summed E-state index contributed by atoms with van der Waals surface area (Å²) < 4.78 is 8.10. The summed E-state index contributed by atoms with van der Waals surface area (Å²) in [5.41, 5.74) is 13.0. The summed E-state index contributed by atoms with van der Waals surface area (Å²) in [5.74, 6) is 2.00. The van der Waals surface area contributed by atoms with Crippen LogP contribution in [0.3, 0.4) is 0 Å². The van der Waals surface area contributed by atoms with Gasteiger partial charge in [0.05, 0.1) is 33.8 Å². The molecule has 0 radical (unpaired) electrons. The molecule has 8 heterocycles. The van der Waals surface area contributed by atoms with Crippen molar-refractivity contribution < 1.29 is 0 Å². The number of aryl methyl sites for hydroxylation is 3. The van der Waals surface area contributed by atoms with E-state index in [9.17, 15) is 0 Å². The van der Waals surface area contributed by atoms with E-state index in [0.29, 0.717) is 28.8 Å². The minimum Gasteiger partial charge on any atom is -0.304 e. The summed E-state index contributed by atoms with van der Waals surface area (Å²) in [5, 5.41) is 9.51. The number of pyridine rings is 4. The zero-order chi connectivity index (χ0) is 37.7. The van der Waals surface area contributed by atoms with Gasteiger partial charge in [-0.25, -0.2) is 19.0 Å². The molecule has 8 nitrogen and oxygen atoms in total. The van der Waals surface area contributed by atoms with E-state index in [1.165, 1.54) is 27.9 Å². The predicted molar refractivity (Wildman–Crippen MR) is 216 cm³/mol. The van der Waals surface area contributed by atoms with Crippen molar-refractivity contribution in [1.82, 2.24) is 38.0 Å². The molecule has 0 unspecified atom stereocenters. The second kappa shape index (κ2) is 16.6. The highest BCUT2D eigenvalue weighted by molar-refractivity contribution is 6.30. The van der Waals surface area contributed by atoms with Crippen molar-refractivity contribution in [2.24, 2.45) is 0 Å². The highest BCUT2D eigenvalue weighted by Gasteiger charge is 2.14. The van der Waals surface area contributed by atoms with Gasteiger partial charge in [-0.1, -0.05) is 91.3 Å². The molecular formula is C43H53ClN8. The summed E-state index contributed by atoms with van der Waals surface area (Å²) in [6.45, 7) is 23.7. The third-order valence-electron chi connectivity index (χ3n) is 9.05. The lowest BCUT2D eigenvalue weighted by atomic mass is 10.0. The van der Waals surface area contributed by atoms with Crippen LogP contribution >= 0.6 is 11.6 Å². The van der Waals surface area contributed by atoms with E-state index in [1.807, 2.05) is 80.6 Å². The van der Waals surface area contributed by atoms with E-state index in [-0.39, 0.29) is 0 Å². The lowest BCUT2D eigenvalue weighted by Gasteiger charge is -2.05. The average Bonchev–Trinajstić information content (AvgIpc) is 3.82. The van der Waals surface area contributed by atoms with Gasteiger partial charge in [-0.3, -0.25) is 0 Å². The fourth-order valence-corrected chi connectivity index (χ4v) is 7.43. The molecule has 0 aliphatic carbocycles. The first-order chi connectivity index (χ1) is 24.8. The number of halogens is 1. The molecule has 0 saturated carbocycles. The molecule has 8 aromatic rings. The maximum Gasteiger partial charge on any atom is 0.151 e. The van der Waals surface area contributed by atoms with Gasteiger partial charge >= 0.3 is 0 Å². The van der Waals surface area contributed by atoms with Crippen LogP contribution in [0.25, 0.3) is 22.3 Å². The Morgan fingerprint density at radius 2 is 0.865 bits per heavy atom. The van der Waals surface area contributed by atoms with Crippen LogP contribution in [0.15, 0.2) is 97.6 Å². The second-order valence-electron chi connectivity index (χ2n) is 14.4. The molecule has 9 heteroatoms. The van der Waals surface area contributed by atoms with Crippen LogP contribution in [0.1, 0.15) is 119 Å². The average molecular weight is 717 g/mol. The zero-order valence-corrected chi connectivity index (χ0v) is 33.3. The SMILES string of the molecule is CC(C)c1c(Cl)nc2ccccn12.Cc1nc2ccccn2c1C(C)C.Cc1nn2ccccc2c1C(C)C.Cc1nn2ccccc2c1C(C)C. The highest BCUT2D eigenvalue weighted by Crippen LogP contribution is 2.26. The molecule has 0 bridgehead atoms. The summed E-state index contributed by atoms with van der Waals surface area (Å²) >= 11 is 6.03. The largest absolute Gasteiger partial charge is 0.304 e. The Balaban J connectivity index is 0.000000134. The predicted octanol–water partition coefficient (Wildman–Crippen LogP) is 11.4. The summed E-state index contributed by atoms with van der Waals surface area (Å²) in [6.07, 6.45) is 8.05. The van der Waals surface area contributed by atoms with Crippen molar-refractivity contribution in [3.63, 3.8) is 0 Å². The fraction of sp³-hybridized carbons (Fsp3) is 0.349. The lowest BCUT2D eigenvalue weighted by molar-refractivity contribution is 0.799. The number of nitrogens with zero attached hydrogens (tertiary/aromatic N) is 8. The monoisotopic (exact) mass is 716 g/mol. The van der Waals surface area contributed by atoms with Gasteiger partial charge in [-0.15, -0.1) is 0 Å². The van der Waals surface area contributed by atoms with Crippen molar-refractivity contribution in [1.29, 1.82) is 0 Å². The van der Waals surface area contributed by atoms with Crippen molar-refractivity contribution in [3.8, 4) is 0 Å². The fourth-order valence-electron chi connectivity index (χ4n) is 7.03. The minimum atomic E-state index is 0.393. The van der Waals surface area contributed by atoms with E-state index in [4.69, 9.17) is 11.6 Å². The van der Waals surface area contributed by atoms with Gasteiger partial charge < -0.3 is 8.80 Å². The Kier molecular flexibility index (Phi) is 12.2. The smallest absolute Gasteiger partial charge is 0.151 e. The molecule has 0 aromatic carbocycles. The molecule has 0 amide bonds. The molecule has 0 aliphatic rings. The molecule has 0 aliphatic heterocycles. The number of hydrogen-bond acceptors (Lipinski definition) is 4. The van der Waals surface area contributed by atoms with Crippen molar-refractivity contribution in [2.75, 3.05) is 0 Å². The summed E-state index contributed by atoms with van der Waals surface area (Å²) in [4.78, 5) is 8.76. The molecule has 0 saturated heterocycles. The van der Waals surface area contributed by atoms with Gasteiger partial charge in [-0.05, 0) is 93.0 Å². The third kappa shape index (κ3) is 8.23. The lowest BCUT2D eigenvalue weighted by Crippen LogP contribution is -1.95. The van der Waals surface area contributed by atoms with Crippen LogP contribution in [0.5, 0.6) is 0 Å². The molecule has 0 atom stereocenters. The molecular weight excluding hydrogens is 664 g/mol. The number of rotatable bonds is 4. The Morgan fingerprint density at radius 3 is 1.31 bits per heavy atom. The summed E-state index contributed by atoms with van der Waals surface area (Å²) in [6, 6.07) is 24.4. The van der Waals surface area contributed by atoms with Crippen LogP contribution in [0.2, 0.25) is 5.15 Å². The van der Waals surface area contributed by atoms with E-state index >= 15 is 0 Å². The molecule has 0 spiro atoms. The Hall–Kier alpha value is -4.95. The zero-order valence-electron chi connectivity index (χ0n) is 32.5. The maximum absolute atomic E-state index is 6.03.